The van der Waals surface area contributed by atoms with Crippen molar-refractivity contribution >= 4 is 16.8 Å². The molecule has 0 bridgehead atoms. The molecule has 0 aliphatic heterocycles. The molecule has 0 unspecified atom stereocenters. The lowest BCUT2D eigenvalue weighted by molar-refractivity contribution is -0.116. The predicted octanol–water partition coefficient (Wildman–Crippen LogP) is 6.62. The number of hydrogen-bond acceptors (Lipinski definition) is 3. The molecule has 4 nitrogen and oxygen atoms in total. The van der Waals surface area contributed by atoms with Gasteiger partial charge in [-0.3, -0.25) is 4.79 Å². The van der Waals surface area contributed by atoms with E-state index < -0.39 is 0 Å². The van der Waals surface area contributed by atoms with Crippen LogP contribution in [0.2, 0.25) is 0 Å². The van der Waals surface area contributed by atoms with Crippen molar-refractivity contribution in [2.75, 3.05) is 13.2 Å². The third-order valence-electron chi connectivity index (χ3n) is 5.01. The van der Waals surface area contributed by atoms with Gasteiger partial charge in [0.05, 0.1) is 12.1 Å². The first-order valence-electron chi connectivity index (χ1n) is 11.7. The summed E-state index contributed by atoms with van der Waals surface area (Å²) in [6, 6.07) is 12.1. The Labute approximate surface area is 187 Å². The van der Waals surface area contributed by atoms with Crippen LogP contribution in [-0.4, -0.2) is 24.0 Å². The number of hydrogen-bond donors (Lipinski definition) is 1. The summed E-state index contributed by atoms with van der Waals surface area (Å²) in [5.41, 5.74) is 1.98. The molecule has 0 atom stereocenters. The quantitative estimate of drug-likeness (QED) is 0.211. The van der Waals surface area contributed by atoms with Crippen molar-refractivity contribution in [1.82, 2.24) is 10.3 Å². The summed E-state index contributed by atoms with van der Waals surface area (Å²) in [5.74, 6) is 1.19. The van der Waals surface area contributed by atoms with Crippen LogP contribution >= 0.6 is 0 Å². The van der Waals surface area contributed by atoms with Crippen LogP contribution in [0.5, 0.6) is 5.88 Å². The maximum absolute atomic E-state index is 11.7. The summed E-state index contributed by atoms with van der Waals surface area (Å²) in [4.78, 5) is 16.3. The normalized spacial score (nSPS) is 12.1. The highest BCUT2D eigenvalue weighted by Crippen LogP contribution is 2.16. The van der Waals surface area contributed by atoms with Gasteiger partial charge >= 0.3 is 0 Å². The lowest BCUT2D eigenvalue weighted by atomic mass is 10.1. The van der Waals surface area contributed by atoms with E-state index in [1.807, 2.05) is 37.3 Å². The number of ether oxygens (including phenoxy) is 1. The van der Waals surface area contributed by atoms with E-state index in [1.165, 1.54) is 32.1 Å². The van der Waals surface area contributed by atoms with Gasteiger partial charge in [-0.05, 0) is 49.8 Å². The number of aromatic nitrogens is 1. The highest BCUT2D eigenvalue weighted by atomic mass is 16.5. The smallest absolute Gasteiger partial charge is 0.244 e. The van der Waals surface area contributed by atoms with Crippen molar-refractivity contribution < 1.29 is 9.53 Å². The van der Waals surface area contributed by atoms with Gasteiger partial charge in [0, 0.05) is 24.1 Å². The van der Waals surface area contributed by atoms with Crippen molar-refractivity contribution in [1.29, 1.82) is 0 Å². The number of carbonyl (C=O) groups is 1. The molecule has 0 fully saturated rings. The van der Waals surface area contributed by atoms with Crippen LogP contribution in [0.4, 0.5) is 0 Å². The number of pyridine rings is 1. The van der Waals surface area contributed by atoms with E-state index in [4.69, 9.17) is 4.74 Å². The maximum atomic E-state index is 11.7. The minimum atomic E-state index is -0.00349. The maximum Gasteiger partial charge on any atom is 0.244 e. The van der Waals surface area contributed by atoms with Gasteiger partial charge in [-0.25, -0.2) is 4.98 Å². The summed E-state index contributed by atoms with van der Waals surface area (Å²) < 4.78 is 5.80. The van der Waals surface area contributed by atoms with Crippen molar-refractivity contribution in [3.05, 3.63) is 60.2 Å². The van der Waals surface area contributed by atoms with Crippen molar-refractivity contribution in [3.8, 4) is 5.88 Å². The fraction of sp³-hybridized carbons (Fsp3) is 0.481. The summed E-state index contributed by atoms with van der Waals surface area (Å²) >= 11 is 0. The molecule has 2 rings (SSSR count). The lowest BCUT2D eigenvalue weighted by Crippen LogP contribution is -2.25. The molecule has 0 aliphatic rings. The topological polar surface area (TPSA) is 51.2 Å². The molecule has 0 aliphatic carbocycles. The number of allylic oxidation sites excluding steroid dienone is 3. The molecule has 1 aromatic heterocycles. The number of para-hydroxylation sites is 1. The second-order valence-corrected chi connectivity index (χ2v) is 8.53. The van der Waals surface area contributed by atoms with E-state index in [9.17, 15) is 4.79 Å². The van der Waals surface area contributed by atoms with Gasteiger partial charge < -0.3 is 10.1 Å². The van der Waals surface area contributed by atoms with Crippen LogP contribution < -0.4 is 10.1 Å². The molecule has 0 radical (unpaired) electrons. The summed E-state index contributed by atoms with van der Waals surface area (Å²) in [6.07, 6.45) is 14.2. The molecule has 0 saturated carbocycles. The lowest BCUT2D eigenvalue weighted by Gasteiger charge is -2.06. The first-order chi connectivity index (χ1) is 15.0. The Morgan fingerprint density at radius 2 is 1.77 bits per heavy atom. The predicted molar refractivity (Wildman–Crippen MR) is 130 cm³/mol. The van der Waals surface area contributed by atoms with E-state index in [-0.39, 0.29) is 5.91 Å². The Hall–Kier alpha value is -2.62. The Morgan fingerprint density at radius 3 is 2.58 bits per heavy atom. The first kappa shape index (κ1) is 24.6. The third-order valence-corrected chi connectivity index (χ3v) is 5.01. The minimum Gasteiger partial charge on any atom is -0.478 e. The summed E-state index contributed by atoms with van der Waals surface area (Å²) in [7, 11) is 0. The molecule has 168 valence electrons. The van der Waals surface area contributed by atoms with Crippen LogP contribution in [0.3, 0.4) is 0 Å². The second kappa shape index (κ2) is 14.4. The van der Waals surface area contributed by atoms with Gasteiger partial charge in [0.15, 0.2) is 0 Å². The number of carbonyl (C=O) groups excluding carboxylic acids is 1. The average Bonchev–Trinajstić information content (AvgIpc) is 2.76. The zero-order valence-corrected chi connectivity index (χ0v) is 19.4. The van der Waals surface area contributed by atoms with Crippen molar-refractivity contribution in [3.63, 3.8) is 0 Å². The van der Waals surface area contributed by atoms with Crippen LogP contribution in [0, 0.1) is 5.92 Å². The monoisotopic (exact) mass is 422 g/mol. The van der Waals surface area contributed by atoms with E-state index in [2.05, 4.69) is 42.4 Å². The van der Waals surface area contributed by atoms with Gasteiger partial charge in [0.1, 0.15) is 0 Å². The number of amides is 1. The Balaban J connectivity index is 1.47. The largest absolute Gasteiger partial charge is 0.478 e. The Kier molecular flexibility index (Phi) is 11.4. The molecule has 1 aromatic carbocycles. The number of fused-ring (bicyclic) bond motifs is 1. The zero-order valence-electron chi connectivity index (χ0n) is 19.4. The molecular weight excluding hydrogens is 384 g/mol. The van der Waals surface area contributed by atoms with Crippen LogP contribution in [0.1, 0.15) is 65.7 Å². The highest BCUT2D eigenvalue weighted by molar-refractivity contribution is 5.88. The number of benzene rings is 1. The molecule has 2 aromatic rings. The molecule has 31 heavy (non-hydrogen) atoms. The average molecular weight is 423 g/mol. The van der Waals surface area contributed by atoms with Crippen LogP contribution in [0.25, 0.3) is 10.9 Å². The molecular formula is C27H38N2O2. The standard InChI is InChI=1S/C27H38N2O2/c1-22(2)21-28-26(30)20-23(3)14-10-8-6-4-5-7-9-13-19-31-27-18-17-24-15-11-12-16-25(24)29-27/h10-12,14-18,20,22H,4-9,13,19,21H2,1-3H3,(H,28,30)/b14-10+,23-20+. The van der Waals surface area contributed by atoms with Crippen molar-refractivity contribution in [2.24, 2.45) is 5.92 Å². The van der Waals surface area contributed by atoms with E-state index in [0.717, 1.165) is 42.5 Å². The molecule has 0 saturated heterocycles. The first-order valence-corrected chi connectivity index (χ1v) is 11.7. The van der Waals surface area contributed by atoms with Gasteiger partial charge in [0.2, 0.25) is 11.8 Å². The van der Waals surface area contributed by atoms with Gasteiger partial charge in [0.25, 0.3) is 0 Å². The van der Waals surface area contributed by atoms with Gasteiger partial charge in [-0.2, -0.15) is 0 Å². The van der Waals surface area contributed by atoms with E-state index in [0.29, 0.717) is 11.8 Å². The fourth-order valence-electron chi connectivity index (χ4n) is 3.26. The van der Waals surface area contributed by atoms with E-state index in [1.54, 1.807) is 6.08 Å². The zero-order chi connectivity index (χ0) is 22.3. The number of nitrogens with one attached hydrogen (secondary N) is 1. The minimum absolute atomic E-state index is 0.00349. The fourth-order valence-corrected chi connectivity index (χ4v) is 3.26. The molecule has 4 heteroatoms. The van der Waals surface area contributed by atoms with Crippen LogP contribution in [0.15, 0.2) is 60.2 Å². The van der Waals surface area contributed by atoms with Crippen molar-refractivity contribution in [2.45, 2.75) is 65.7 Å². The van der Waals surface area contributed by atoms with E-state index >= 15 is 0 Å². The molecule has 0 spiro atoms. The summed E-state index contributed by atoms with van der Waals surface area (Å²) in [6.45, 7) is 7.60. The number of nitrogens with zero attached hydrogens (tertiary/aromatic N) is 1. The SMILES string of the molecule is CC(/C=C/CCCCCCCCOc1ccc2ccccc2n1)=C\C(=O)NCC(C)C. The van der Waals surface area contributed by atoms with Gasteiger partial charge in [-0.15, -0.1) is 0 Å². The second-order valence-electron chi connectivity index (χ2n) is 8.53. The Morgan fingerprint density at radius 1 is 1.03 bits per heavy atom. The summed E-state index contributed by atoms with van der Waals surface area (Å²) in [5, 5.41) is 4.05. The Bertz CT molecular complexity index is 855. The molecule has 1 N–H and O–H groups in total. The molecule has 1 heterocycles. The molecule has 1 amide bonds. The number of rotatable bonds is 14. The third kappa shape index (κ3) is 10.8. The van der Waals surface area contributed by atoms with Crippen LogP contribution in [-0.2, 0) is 4.79 Å². The van der Waals surface area contributed by atoms with Gasteiger partial charge in [-0.1, -0.05) is 69.9 Å². The highest BCUT2D eigenvalue weighted by Gasteiger charge is 2.00. The number of unbranched alkanes of at least 4 members (excludes halogenated alkanes) is 6.